The van der Waals surface area contributed by atoms with E-state index in [1.807, 2.05) is 13.8 Å². The zero-order chi connectivity index (χ0) is 24.2. The van der Waals surface area contributed by atoms with Gasteiger partial charge in [-0.3, -0.25) is 14.5 Å². The number of benzene rings is 1. The van der Waals surface area contributed by atoms with Gasteiger partial charge in [-0.1, -0.05) is 6.07 Å². The minimum Gasteiger partial charge on any atom is -0.474 e. The van der Waals surface area contributed by atoms with E-state index in [9.17, 15) is 13.4 Å². The molecule has 0 saturated heterocycles. The van der Waals surface area contributed by atoms with Crippen LogP contribution >= 0.6 is 0 Å². The highest BCUT2D eigenvalue weighted by molar-refractivity contribution is 7.85. The van der Waals surface area contributed by atoms with Gasteiger partial charge in [-0.15, -0.1) is 0 Å². The van der Waals surface area contributed by atoms with Crippen LogP contribution in [-0.2, 0) is 21.2 Å². The van der Waals surface area contributed by atoms with E-state index in [2.05, 4.69) is 30.0 Å². The summed E-state index contributed by atoms with van der Waals surface area (Å²) in [6.07, 6.45) is 5.83. The van der Waals surface area contributed by atoms with Gasteiger partial charge >= 0.3 is 0 Å². The van der Waals surface area contributed by atoms with Crippen molar-refractivity contribution in [3.8, 4) is 17.1 Å². The summed E-state index contributed by atoms with van der Waals surface area (Å²) in [7, 11) is -1.36. The van der Waals surface area contributed by atoms with Crippen molar-refractivity contribution in [2.24, 2.45) is 0 Å². The fraction of sp³-hybridized carbons (Fsp3) is 0.318. The van der Waals surface area contributed by atoms with Crippen molar-refractivity contribution in [1.82, 2.24) is 19.9 Å². The summed E-state index contributed by atoms with van der Waals surface area (Å²) in [4.78, 5) is 29.6. The van der Waals surface area contributed by atoms with Crippen molar-refractivity contribution in [2.45, 2.75) is 39.2 Å². The number of aromatic nitrogens is 4. The first-order chi connectivity index (χ1) is 15.6. The number of carbonyl (C=O) groups is 1. The van der Waals surface area contributed by atoms with Gasteiger partial charge in [0.05, 0.1) is 41.0 Å². The van der Waals surface area contributed by atoms with Crippen molar-refractivity contribution in [3.63, 3.8) is 0 Å². The Hall–Kier alpha value is -3.47. The maximum absolute atomic E-state index is 14.8. The van der Waals surface area contributed by atoms with Gasteiger partial charge in [0.2, 0.25) is 17.7 Å². The normalized spacial score (nSPS) is 12.3. The van der Waals surface area contributed by atoms with E-state index < -0.39 is 28.1 Å². The summed E-state index contributed by atoms with van der Waals surface area (Å²) >= 11 is 0. The van der Waals surface area contributed by atoms with Crippen molar-refractivity contribution in [1.29, 1.82) is 0 Å². The molecule has 3 rings (SSSR count). The lowest BCUT2D eigenvalue weighted by atomic mass is 9.88. The monoisotopic (exact) mass is 472 g/mol. The average molecular weight is 473 g/mol. The molecule has 11 heteroatoms. The van der Waals surface area contributed by atoms with Gasteiger partial charge in [0.1, 0.15) is 16.8 Å². The lowest BCUT2D eigenvalue weighted by molar-refractivity contribution is -0.120. The number of amides is 1. The molecule has 33 heavy (non-hydrogen) atoms. The number of nitrogens with zero attached hydrogens (tertiary/aromatic N) is 4. The molecule has 0 radical (unpaired) electrons. The average Bonchev–Trinajstić information content (AvgIpc) is 2.74. The first kappa shape index (κ1) is 24.2. The summed E-state index contributed by atoms with van der Waals surface area (Å²) in [6.45, 7) is 7.05. The molecule has 3 aromatic rings. The van der Waals surface area contributed by atoms with Crippen LogP contribution < -0.4 is 14.8 Å². The van der Waals surface area contributed by atoms with Crippen molar-refractivity contribution in [3.05, 3.63) is 54.4 Å². The summed E-state index contributed by atoms with van der Waals surface area (Å²) in [5.74, 6) is -0.620. The highest BCUT2D eigenvalue weighted by Crippen LogP contribution is 2.27. The lowest BCUT2D eigenvalue weighted by Gasteiger charge is -2.23. The Bertz CT molecular complexity index is 1190. The number of halogens is 1. The van der Waals surface area contributed by atoms with Crippen LogP contribution in [0.25, 0.3) is 11.3 Å². The third kappa shape index (κ3) is 6.07. The van der Waals surface area contributed by atoms with E-state index in [1.165, 1.54) is 37.0 Å². The summed E-state index contributed by atoms with van der Waals surface area (Å²) < 4.78 is 34.3. The van der Waals surface area contributed by atoms with Crippen molar-refractivity contribution < 1.29 is 18.1 Å². The quantitative estimate of drug-likeness (QED) is 0.515. The third-order valence-corrected chi connectivity index (χ3v) is 5.05. The minimum absolute atomic E-state index is 0.0152. The SMILES string of the molecule is CC(C)Oc1cncc(-c2ccc(NC(=O)C(C)(C)c3ccnc(NS(C)=O)n3)c(F)c2)n1. The zero-order valence-corrected chi connectivity index (χ0v) is 19.7. The Morgan fingerprint density at radius 2 is 1.94 bits per heavy atom. The Morgan fingerprint density at radius 3 is 2.61 bits per heavy atom. The molecule has 1 atom stereocenters. The second-order valence-corrected chi connectivity index (χ2v) is 9.12. The molecule has 1 unspecified atom stereocenters. The first-order valence-electron chi connectivity index (χ1n) is 10.1. The molecular weight excluding hydrogens is 447 g/mol. The maximum atomic E-state index is 14.8. The molecule has 9 nitrogen and oxygen atoms in total. The highest BCUT2D eigenvalue weighted by Gasteiger charge is 2.32. The second kappa shape index (κ2) is 9.99. The van der Waals surface area contributed by atoms with E-state index in [1.54, 1.807) is 26.0 Å². The molecule has 2 N–H and O–H groups in total. The number of carbonyl (C=O) groups excluding carboxylic acids is 1. The number of ether oxygens (including phenoxy) is 1. The molecule has 2 aromatic heterocycles. The third-order valence-electron chi connectivity index (χ3n) is 4.58. The first-order valence-corrected chi connectivity index (χ1v) is 11.7. The second-order valence-electron chi connectivity index (χ2n) is 8.00. The summed E-state index contributed by atoms with van der Waals surface area (Å²) in [5, 5.41) is 2.61. The van der Waals surface area contributed by atoms with Crippen LogP contribution in [0.3, 0.4) is 0 Å². The summed E-state index contributed by atoms with van der Waals surface area (Å²) in [6, 6.07) is 5.95. The fourth-order valence-corrected chi connectivity index (χ4v) is 3.20. The van der Waals surface area contributed by atoms with Crippen molar-refractivity contribution >= 4 is 28.5 Å². The molecule has 0 spiro atoms. The molecule has 0 saturated carbocycles. The molecule has 0 aliphatic rings. The van der Waals surface area contributed by atoms with Gasteiger partial charge in [0, 0.05) is 18.0 Å². The molecule has 1 amide bonds. The standard InChI is InChI=1S/C22H25FN6O3S/c1-13(2)32-19-12-24-11-17(26-19)14-6-7-16(15(23)10-14)27-20(30)22(3,4)18-8-9-25-21(28-18)29-33(5)31/h6-13H,1-5H3,(H,27,30)(H,25,28,29). The highest BCUT2D eigenvalue weighted by atomic mass is 32.2. The largest absolute Gasteiger partial charge is 0.474 e. The molecule has 2 heterocycles. The van der Waals surface area contributed by atoms with Gasteiger partial charge in [-0.2, -0.15) is 0 Å². The Labute approximate surface area is 193 Å². The van der Waals surface area contributed by atoms with Gasteiger partial charge in [-0.05, 0) is 45.9 Å². The molecule has 0 fully saturated rings. The van der Waals surface area contributed by atoms with Crippen LogP contribution in [0, 0.1) is 5.82 Å². The smallest absolute Gasteiger partial charge is 0.236 e. The van der Waals surface area contributed by atoms with Gasteiger partial charge in [0.15, 0.2) is 0 Å². The van der Waals surface area contributed by atoms with Crippen LogP contribution in [-0.4, -0.2) is 42.4 Å². The Balaban J connectivity index is 1.80. The minimum atomic E-state index is -1.36. The molecule has 1 aromatic carbocycles. The lowest BCUT2D eigenvalue weighted by Crippen LogP contribution is -2.36. The van der Waals surface area contributed by atoms with Crippen LogP contribution in [0.15, 0.2) is 42.9 Å². The number of hydrogen-bond acceptors (Lipinski definition) is 7. The zero-order valence-electron chi connectivity index (χ0n) is 18.9. The summed E-state index contributed by atoms with van der Waals surface area (Å²) in [5.41, 5.74) is 0.219. The van der Waals surface area contributed by atoms with Crippen LogP contribution in [0.5, 0.6) is 5.88 Å². The number of anilines is 2. The molecule has 0 aliphatic heterocycles. The Kier molecular flexibility index (Phi) is 7.32. The fourth-order valence-electron chi connectivity index (χ4n) is 2.84. The maximum Gasteiger partial charge on any atom is 0.236 e. The van der Waals surface area contributed by atoms with E-state index in [0.29, 0.717) is 22.8 Å². The van der Waals surface area contributed by atoms with E-state index >= 15 is 0 Å². The van der Waals surface area contributed by atoms with E-state index in [-0.39, 0.29) is 17.7 Å². The predicted molar refractivity (Wildman–Crippen MR) is 125 cm³/mol. The van der Waals surface area contributed by atoms with Gasteiger partial charge in [0.25, 0.3) is 0 Å². The van der Waals surface area contributed by atoms with E-state index in [0.717, 1.165) is 0 Å². The molecule has 0 bridgehead atoms. The number of hydrogen-bond donors (Lipinski definition) is 2. The van der Waals surface area contributed by atoms with Gasteiger partial charge < -0.3 is 10.1 Å². The molecule has 174 valence electrons. The number of rotatable bonds is 8. The number of nitrogens with one attached hydrogen (secondary N) is 2. The molecular formula is C22H25FN6O3S. The Morgan fingerprint density at radius 1 is 1.18 bits per heavy atom. The van der Waals surface area contributed by atoms with Crippen LogP contribution in [0.4, 0.5) is 16.0 Å². The predicted octanol–water partition coefficient (Wildman–Crippen LogP) is 3.48. The van der Waals surface area contributed by atoms with Gasteiger partial charge in [-0.25, -0.2) is 23.6 Å². The van der Waals surface area contributed by atoms with Crippen LogP contribution in [0.1, 0.15) is 33.4 Å². The van der Waals surface area contributed by atoms with E-state index in [4.69, 9.17) is 4.74 Å². The molecule has 0 aliphatic carbocycles. The topological polar surface area (TPSA) is 119 Å². The van der Waals surface area contributed by atoms with Crippen LogP contribution in [0.2, 0.25) is 0 Å². The van der Waals surface area contributed by atoms with Crippen molar-refractivity contribution in [2.75, 3.05) is 16.3 Å².